The minimum Gasteiger partial charge on any atom is -0.342 e. The summed E-state index contributed by atoms with van der Waals surface area (Å²) in [5, 5.41) is 0. The molecule has 3 nitrogen and oxygen atoms in total. The van der Waals surface area contributed by atoms with E-state index < -0.39 is 0 Å². The zero-order valence-corrected chi connectivity index (χ0v) is 8.83. The fraction of sp³-hybridized carbons (Fsp3) is 0.417. The van der Waals surface area contributed by atoms with Crippen molar-refractivity contribution < 1.29 is 0 Å². The molecule has 3 N–H and O–H groups in total. The van der Waals surface area contributed by atoms with Crippen LogP contribution in [0.15, 0.2) is 18.2 Å². The normalized spacial score (nSPS) is 24.7. The van der Waals surface area contributed by atoms with E-state index in [1.54, 1.807) is 0 Å². The quantitative estimate of drug-likeness (QED) is 0.782. The number of aromatic nitrogens is 2. The lowest BCUT2D eigenvalue weighted by Gasteiger charge is -1.94. The van der Waals surface area contributed by atoms with Crippen molar-refractivity contribution in [1.82, 2.24) is 9.97 Å². The van der Waals surface area contributed by atoms with Crippen molar-refractivity contribution in [2.75, 3.05) is 0 Å². The molecule has 1 saturated carbocycles. The highest BCUT2D eigenvalue weighted by Gasteiger charge is 2.36. The molecular formula is C12H15N3. The summed E-state index contributed by atoms with van der Waals surface area (Å²) in [5.41, 5.74) is 8.94. The Morgan fingerprint density at radius 3 is 3.00 bits per heavy atom. The molecule has 1 aromatic carbocycles. The standard InChI is InChI=1S/C12H15N3/c1-7-4-9(7)12-14-10-3-2-8(6-13)5-11(10)15-12/h2-3,5,7,9H,4,6,13H2,1H3,(H,14,15). The fourth-order valence-corrected chi connectivity index (χ4v) is 2.08. The van der Waals surface area contributed by atoms with Crippen molar-refractivity contribution in [1.29, 1.82) is 0 Å². The predicted molar refractivity (Wildman–Crippen MR) is 60.5 cm³/mol. The van der Waals surface area contributed by atoms with Gasteiger partial charge in [0.25, 0.3) is 0 Å². The van der Waals surface area contributed by atoms with Crippen LogP contribution < -0.4 is 5.73 Å². The van der Waals surface area contributed by atoms with Gasteiger partial charge in [0.05, 0.1) is 11.0 Å². The molecule has 3 heteroatoms. The van der Waals surface area contributed by atoms with Crippen molar-refractivity contribution in [3.8, 4) is 0 Å². The van der Waals surface area contributed by atoms with Crippen molar-refractivity contribution in [2.45, 2.75) is 25.8 Å². The summed E-state index contributed by atoms with van der Waals surface area (Å²) in [6.07, 6.45) is 1.27. The molecule has 0 aliphatic heterocycles. The van der Waals surface area contributed by atoms with Gasteiger partial charge in [0.1, 0.15) is 5.82 Å². The summed E-state index contributed by atoms with van der Waals surface area (Å²) in [7, 11) is 0. The van der Waals surface area contributed by atoms with Gasteiger partial charge in [-0.3, -0.25) is 0 Å². The summed E-state index contributed by atoms with van der Waals surface area (Å²) >= 11 is 0. The molecule has 0 bridgehead atoms. The Labute approximate surface area is 88.7 Å². The van der Waals surface area contributed by atoms with E-state index in [4.69, 9.17) is 5.73 Å². The Kier molecular flexibility index (Phi) is 1.83. The molecular weight excluding hydrogens is 186 g/mol. The average Bonchev–Trinajstić information content (AvgIpc) is 2.83. The number of nitrogens with zero attached hydrogens (tertiary/aromatic N) is 1. The third-order valence-electron chi connectivity index (χ3n) is 3.26. The van der Waals surface area contributed by atoms with Crippen molar-refractivity contribution in [2.24, 2.45) is 11.7 Å². The molecule has 0 radical (unpaired) electrons. The monoisotopic (exact) mass is 201 g/mol. The Morgan fingerprint density at radius 1 is 1.53 bits per heavy atom. The van der Waals surface area contributed by atoms with Gasteiger partial charge in [0.15, 0.2) is 0 Å². The molecule has 0 amide bonds. The third kappa shape index (κ3) is 1.43. The summed E-state index contributed by atoms with van der Waals surface area (Å²) in [4.78, 5) is 8.00. The van der Waals surface area contributed by atoms with Gasteiger partial charge in [-0.1, -0.05) is 13.0 Å². The molecule has 2 aromatic rings. The number of fused-ring (bicyclic) bond motifs is 1. The maximum atomic E-state index is 5.61. The second-order valence-corrected chi connectivity index (χ2v) is 4.50. The van der Waals surface area contributed by atoms with E-state index in [9.17, 15) is 0 Å². The van der Waals surface area contributed by atoms with Crippen LogP contribution in [0.5, 0.6) is 0 Å². The minimum absolute atomic E-state index is 0.587. The maximum Gasteiger partial charge on any atom is 0.110 e. The SMILES string of the molecule is CC1CC1c1nc2ccc(CN)cc2[nH]1. The molecule has 1 fully saturated rings. The Morgan fingerprint density at radius 2 is 2.33 bits per heavy atom. The lowest BCUT2D eigenvalue weighted by atomic mass is 10.2. The Hall–Kier alpha value is -1.35. The van der Waals surface area contributed by atoms with Gasteiger partial charge < -0.3 is 10.7 Å². The third-order valence-corrected chi connectivity index (χ3v) is 3.26. The molecule has 1 aliphatic carbocycles. The molecule has 0 spiro atoms. The summed E-state index contributed by atoms with van der Waals surface area (Å²) in [6, 6.07) is 6.19. The highest BCUT2D eigenvalue weighted by atomic mass is 14.9. The second-order valence-electron chi connectivity index (χ2n) is 4.50. The number of nitrogens with one attached hydrogen (secondary N) is 1. The van der Waals surface area contributed by atoms with E-state index >= 15 is 0 Å². The van der Waals surface area contributed by atoms with Crippen LogP contribution in [-0.2, 0) is 6.54 Å². The van der Waals surface area contributed by atoms with Crippen LogP contribution in [0.4, 0.5) is 0 Å². The first-order valence-electron chi connectivity index (χ1n) is 5.46. The van der Waals surface area contributed by atoms with Crippen LogP contribution in [0.3, 0.4) is 0 Å². The lowest BCUT2D eigenvalue weighted by molar-refractivity contribution is 0.867. The average molecular weight is 201 g/mol. The van der Waals surface area contributed by atoms with Gasteiger partial charge in [-0.05, 0) is 30.0 Å². The van der Waals surface area contributed by atoms with E-state index in [0.29, 0.717) is 12.5 Å². The van der Waals surface area contributed by atoms with Gasteiger partial charge in [-0.2, -0.15) is 0 Å². The van der Waals surface area contributed by atoms with E-state index in [1.807, 2.05) is 12.1 Å². The highest BCUT2D eigenvalue weighted by Crippen LogP contribution is 2.45. The molecule has 3 rings (SSSR count). The zero-order chi connectivity index (χ0) is 10.4. The lowest BCUT2D eigenvalue weighted by Crippen LogP contribution is -1.95. The fourth-order valence-electron chi connectivity index (χ4n) is 2.08. The van der Waals surface area contributed by atoms with Gasteiger partial charge in [-0.15, -0.1) is 0 Å². The Bertz CT molecular complexity index is 501. The largest absolute Gasteiger partial charge is 0.342 e. The van der Waals surface area contributed by atoms with E-state index in [2.05, 4.69) is 23.0 Å². The molecule has 78 valence electrons. The molecule has 1 aliphatic rings. The first kappa shape index (κ1) is 8.92. The number of hydrogen-bond donors (Lipinski definition) is 2. The predicted octanol–water partition coefficient (Wildman–Crippen LogP) is 2.15. The summed E-state index contributed by atoms with van der Waals surface area (Å²) < 4.78 is 0. The van der Waals surface area contributed by atoms with Crippen LogP contribution in [-0.4, -0.2) is 9.97 Å². The molecule has 2 atom stereocenters. The van der Waals surface area contributed by atoms with Crippen LogP contribution in [0.2, 0.25) is 0 Å². The van der Waals surface area contributed by atoms with Crippen molar-refractivity contribution >= 4 is 11.0 Å². The maximum absolute atomic E-state index is 5.61. The van der Waals surface area contributed by atoms with Gasteiger partial charge >= 0.3 is 0 Å². The number of aromatic amines is 1. The van der Waals surface area contributed by atoms with Gasteiger partial charge in [-0.25, -0.2) is 4.98 Å². The molecule has 15 heavy (non-hydrogen) atoms. The van der Waals surface area contributed by atoms with E-state index in [1.165, 1.54) is 6.42 Å². The summed E-state index contributed by atoms with van der Waals surface area (Å²) in [5.74, 6) is 2.59. The van der Waals surface area contributed by atoms with E-state index in [-0.39, 0.29) is 0 Å². The molecule has 2 unspecified atom stereocenters. The van der Waals surface area contributed by atoms with Crippen LogP contribution in [0, 0.1) is 5.92 Å². The molecule has 1 aromatic heterocycles. The Balaban J connectivity index is 2.06. The number of H-pyrrole nitrogens is 1. The highest BCUT2D eigenvalue weighted by molar-refractivity contribution is 5.76. The van der Waals surface area contributed by atoms with Gasteiger partial charge in [0, 0.05) is 12.5 Å². The topological polar surface area (TPSA) is 54.7 Å². The van der Waals surface area contributed by atoms with E-state index in [0.717, 1.165) is 28.3 Å². The minimum atomic E-state index is 0.587. The first-order chi connectivity index (χ1) is 7.28. The number of imidazole rings is 1. The van der Waals surface area contributed by atoms with Gasteiger partial charge in [0.2, 0.25) is 0 Å². The number of benzene rings is 1. The zero-order valence-electron chi connectivity index (χ0n) is 8.83. The molecule has 0 saturated heterocycles. The van der Waals surface area contributed by atoms with Crippen LogP contribution in [0.25, 0.3) is 11.0 Å². The number of hydrogen-bond acceptors (Lipinski definition) is 2. The molecule has 1 heterocycles. The smallest absolute Gasteiger partial charge is 0.110 e. The summed E-state index contributed by atoms with van der Waals surface area (Å²) in [6.45, 7) is 2.85. The second kappa shape index (κ2) is 3.07. The van der Waals surface area contributed by atoms with Crippen molar-refractivity contribution in [3.05, 3.63) is 29.6 Å². The number of rotatable bonds is 2. The van der Waals surface area contributed by atoms with Crippen molar-refractivity contribution in [3.63, 3.8) is 0 Å². The van der Waals surface area contributed by atoms with Crippen LogP contribution in [0.1, 0.15) is 30.7 Å². The first-order valence-corrected chi connectivity index (χ1v) is 5.46. The number of nitrogens with two attached hydrogens (primary N) is 1. The van der Waals surface area contributed by atoms with Crippen LogP contribution >= 0.6 is 0 Å².